The average molecular weight is 363 g/mol. The van der Waals surface area contributed by atoms with Crippen LogP contribution in [0.15, 0.2) is 61.1 Å². The highest BCUT2D eigenvalue weighted by Crippen LogP contribution is 2.10. The Morgan fingerprint density at radius 1 is 1.04 bits per heavy atom. The van der Waals surface area contributed by atoms with Crippen molar-refractivity contribution in [3.63, 3.8) is 0 Å². The van der Waals surface area contributed by atoms with Gasteiger partial charge in [0.25, 0.3) is 5.91 Å². The number of rotatable bonds is 7. The van der Waals surface area contributed by atoms with Gasteiger partial charge in [-0.05, 0) is 30.7 Å². The Morgan fingerprint density at radius 2 is 1.89 bits per heavy atom. The lowest BCUT2D eigenvalue weighted by atomic mass is 10.1. The van der Waals surface area contributed by atoms with Gasteiger partial charge in [-0.25, -0.2) is 9.67 Å². The third-order valence-electron chi connectivity index (χ3n) is 4.09. The number of hydrogen-bond donors (Lipinski definition) is 2. The number of nitrogens with zero attached hydrogens (tertiary/aromatic N) is 3. The largest absolute Gasteiger partial charge is 0.352 e. The molecule has 27 heavy (non-hydrogen) atoms. The Hall–Kier alpha value is -3.48. The Kier molecular flexibility index (Phi) is 5.94. The lowest BCUT2D eigenvalue weighted by molar-refractivity contribution is -0.121. The average Bonchev–Trinajstić information content (AvgIpc) is 3.21. The highest BCUT2D eigenvalue weighted by atomic mass is 16.2. The molecule has 0 aliphatic carbocycles. The first-order chi connectivity index (χ1) is 13.1. The fraction of sp³-hybridized carbons (Fsp3) is 0.200. The topological polar surface area (TPSA) is 88.9 Å². The quantitative estimate of drug-likeness (QED) is 0.672. The van der Waals surface area contributed by atoms with Gasteiger partial charge in [0.1, 0.15) is 0 Å². The van der Waals surface area contributed by atoms with E-state index >= 15 is 0 Å². The molecule has 0 radical (unpaired) electrons. The normalized spacial score (nSPS) is 10.4. The second-order valence-electron chi connectivity index (χ2n) is 6.03. The highest BCUT2D eigenvalue weighted by Gasteiger charge is 2.10. The zero-order chi connectivity index (χ0) is 19.1. The lowest BCUT2D eigenvalue weighted by Gasteiger charge is -2.10. The highest BCUT2D eigenvalue weighted by molar-refractivity contribution is 5.95. The van der Waals surface area contributed by atoms with E-state index in [-0.39, 0.29) is 24.8 Å². The molecule has 138 valence electrons. The third kappa shape index (κ3) is 4.78. The standard InChI is InChI=1S/C20H21N5O2/c1-15-6-2-3-8-17(15)20(27)22-12-9-18(26)23-14-16-7-4-10-21-19(16)25-13-5-11-24-25/h2-8,10-11,13H,9,12,14H2,1H3,(H,22,27)(H,23,26). The molecule has 7 heteroatoms. The Labute approximate surface area is 157 Å². The first-order valence-corrected chi connectivity index (χ1v) is 8.69. The molecule has 3 aromatic rings. The van der Waals surface area contributed by atoms with E-state index in [2.05, 4.69) is 20.7 Å². The zero-order valence-electron chi connectivity index (χ0n) is 15.1. The predicted molar refractivity (Wildman–Crippen MR) is 101 cm³/mol. The molecule has 0 bridgehead atoms. The van der Waals surface area contributed by atoms with Gasteiger partial charge < -0.3 is 10.6 Å². The van der Waals surface area contributed by atoms with Crippen LogP contribution in [-0.2, 0) is 11.3 Å². The van der Waals surface area contributed by atoms with E-state index in [1.54, 1.807) is 29.3 Å². The monoisotopic (exact) mass is 363 g/mol. The first-order valence-electron chi connectivity index (χ1n) is 8.69. The van der Waals surface area contributed by atoms with Crippen molar-refractivity contribution in [3.05, 3.63) is 77.7 Å². The molecule has 7 nitrogen and oxygen atoms in total. The van der Waals surface area contributed by atoms with Crippen LogP contribution in [0.3, 0.4) is 0 Å². The first kappa shape index (κ1) is 18.3. The summed E-state index contributed by atoms with van der Waals surface area (Å²) in [6.07, 6.45) is 5.36. The molecule has 0 saturated carbocycles. The number of nitrogens with one attached hydrogen (secondary N) is 2. The number of pyridine rings is 1. The second kappa shape index (κ2) is 8.75. The van der Waals surface area contributed by atoms with Gasteiger partial charge in [0.05, 0.1) is 0 Å². The van der Waals surface area contributed by atoms with Crippen LogP contribution < -0.4 is 10.6 Å². The van der Waals surface area contributed by atoms with E-state index in [4.69, 9.17) is 0 Å². The molecule has 0 aliphatic heterocycles. The molecule has 0 aliphatic rings. The van der Waals surface area contributed by atoms with Gasteiger partial charge in [-0.1, -0.05) is 24.3 Å². The van der Waals surface area contributed by atoms with Crippen LogP contribution in [0.25, 0.3) is 5.82 Å². The predicted octanol–water partition coefficient (Wildman–Crippen LogP) is 2.01. The van der Waals surface area contributed by atoms with E-state index in [1.165, 1.54) is 0 Å². The molecule has 0 atom stereocenters. The number of aryl methyl sites for hydroxylation is 1. The third-order valence-corrected chi connectivity index (χ3v) is 4.09. The molecule has 0 saturated heterocycles. The minimum atomic E-state index is -0.172. The molecule has 2 aromatic heterocycles. The van der Waals surface area contributed by atoms with Gasteiger partial charge in [-0.15, -0.1) is 0 Å². The molecular formula is C20H21N5O2. The molecule has 0 fully saturated rings. The maximum Gasteiger partial charge on any atom is 0.251 e. The van der Waals surface area contributed by atoms with Crippen molar-refractivity contribution in [1.29, 1.82) is 0 Å². The SMILES string of the molecule is Cc1ccccc1C(=O)NCCC(=O)NCc1cccnc1-n1cccn1. The van der Waals surface area contributed by atoms with Crippen LogP contribution in [0.4, 0.5) is 0 Å². The van der Waals surface area contributed by atoms with E-state index in [1.807, 2.05) is 43.3 Å². The van der Waals surface area contributed by atoms with Crippen LogP contribution >= 0.6 is 0 Å². The number of aromatic nitrogens is 3. The summed E-state index contributed by atoms with van der Waals surface area (Å²) in [5, 5.41) is 9.80. The second-order valence-corrected chi connectivity index (χ2v) is 6.03. The van der Waals surface area contributed by atoms with Crippen molar-refractivity contribution < 1.29 is 9.59 Å². The van der Waals surface area contributed by atoms with Crippen molar-refractivity contribution in [2.75, 3.05) is 6.54 Å². The van der Waals surface area contributed by atoms with Gasteiger partial charge in [0.2, 0.25) is 5.91 Å². The van der Waals surface area contributed by atoms with E-state index < -0.39 is 0 Å². The van der Waals surface area contributed by atoms with Gasteiger partial charge in [0, 0.05) is 49.2 Å². The van der Waals surface area contributed by atoms with E-state index in [9.17, 15) is 9.59 Å². The maximum absolute atomic E-state index is 12.1. The van der Waals surface area contributed by atoms with Gasteiger partial charge in [-0.3, -0.25) is 9.59 Å². The van der Waals surface area contributed by atoms with Gasteiger partial charge >= 0.3 is 0 Å². The molecule has 3 rings (SSSR count). The molecule has 1 aromatic carbocycles. The molecule has 0 spiro atoms. The van der Waals surface area contributed by atoms with Crippen molar-refractivity contribution >= 4 is 11.8 Å². The summed E-state index contributed by atoms with van der Waals surface area (Å²) < 4.78 is 1.66. The van der Waals surface area contributed by atoms with Crippen LogP contribution in [0.1, 0.15) is 27.9 Å². The smallest absolute Gasteiger partial charge is 0.251 e. The zero-order valence-corrected chi connectivity index (χ0v) is 15.1. The summed E-state index contributed by atoms with van der Waals surface area (Å²) in [6, 6.07) is 12.9. The van der Waals surface area contributed by atoms with Crippen LogP contribution in [0.5, 0.6) is 0 Å². The number of carbonyl (C=O) groups is 2. The fourth-order valence-electron chi connectivity index (χ4n) is 2.66. The Bertz CT molecular complexity index is 922. The minimum absolute atomic E-state index is 0.143. The maximum atomic E-state index is 12.1. The van der Waals surface area contributed by atoms with Crippen molar-refractivity contribution in [1.82, 2.24) is 25.4 Å². The molecular weight excluding hydrogens is 342 g/mol. The van der Waals surface area contributed by atoms with Crippen LogP contribution in [0.2, 0.25) is 0 Å². The summed E-state index contributed by atoms with van der Waals surface area (Å²) in [5.74, 6) is 0.361. The van der Waals surface area contributed by atoms with E-state index in [0.717, 1.165) is 11.1 Å². The molecule has 2 heterocycles. The summed E-state index contributed by atoms with van der Waals surface area (Å²) in [5.41, 5.74) is 2.39. The fourth-order valence-corrected chi connectivity index (χ4v) is 2.66. The van der Waals surface area contributed by atoms with Gasteiger partial charge in [0.15, 0.2) is 5.82 Å². The Balaban J connectivity index is 1.48. The summed E-state index contributed by atoms with van der Waals surface area (Å²) >= 11 is 0. The van der Waals surface area contributed by atoms with Crippen LogP contribution in [-0.4, -0.2) is 33.1 Å². The lowest BCUT2D eigenvalue weighted by Crippen LogP contribution is -2.31. The number of hydrogen-bond acceptors (Lipinski definition) is 4. The van der Waals surface area contributed by atoms with Crippen molar-refractivity contribution in [3.8, 4) is 5.82 Å². The summed E-state index contributed by atoms with van der Waals surface area (Å²) in [6.45, 7) is 2.50. The summed E-state index contributed by atoms with van der Waals surface area (Å²) in [4.78, 5) is 28.6. The van der Waals surface area contributed by atoms with Crippen molar-refractivity contribution in [2.45, 2.75) is 19.9 Å². The minimum Gasteiger partial charge on any atom is -0.352 e. The molecule has 2 N–H and O–H groups in total. The number of amides is 2. The number of benzene rings is 1. The van der Waals surface area contributed by atoms with Gasteiger partial charge in [-0.2, -0.15) is 5.10 Å². The molecule has 0 unspecified atom stereocenters. The summed E-state index contributed by atoms with van der Waals surface area (Å²) in [7, 11) is 0. The van der Waals surface area contributed by atoms with Crippen molar-refractivity contribution in [2.24, 2.45) is 0 Å². The molecule has 2 amide bonds. The van der Waals surface area contributed by atoms with Crippen LogP contribution in [0, 0.1) is 6.92 Å². The number of carbonyl (C=O) groups excluding carboxylic acids is 2. The van der Waals surface area contributed by atoms with E-state index in [0.29, 0.717) is 17.9 Å². The Morgan fingerprint density at radius 3 is 2.67 bits per heavy atom.